The Balaban J connectivity index is 2.05. The summed E-state index contributed by atoms with van der Waals surface area (Å²) < 4.78 is 1.90. The van der Waals surface area contributed by atoms with Gasteiger partial charge in [0.25, 0.3) is 0 Å². The van der Waals surface area contributed by atoms with Crippen LogP contribution in [0.3, 0.4) is 0 Å². The van der Waals surface area contributed by atoms with Gasteiger partial charge in [-0.1, -0.05) is 46.0 Å². The maximum atomic E-state index is 12.8. The fourth-order valence-corrected chi connectivity index (χ4v) is 3.22. The van der Waals surface area contributed by atoms with Crippen molar-refractivity contribution in [3.05, 3.63) is 17.6 Å². The Hall–Kier alpha value is -1.85. The van der Waals surface area contributed by atoms with E-state index in [4.69, 9.17) is 0 Å². The Bertz CT molecular complexity index is 660. The van der Waals surface area contributed by atoms with E-state index in [0.717, 1.165) is 49.4 Å². The van der Waals surface area contributed by atoms with E-state index in [-0.39, 0.29) is 11.9 Å². The molecule has 6 heteroatoms. The predicted molar refractivity (Wildman–Crippen MR) is 100 cm³/mol. The highest BCUT2D eigenvalue weighted by Gasteiger charge is 2.25. The number of hydrogen-bond acceptors (Lipinski definition) is 3. The number of unbranched alkanes of at least 4 members (excludes halogenated alkanes) is 5. The number of hydrogen-bond donors (Lipinski definition) is 1. The molecular formula is C19H33N5O. The summed E-state index contributed by atoms with van der Waals surface area (Å²) in [6.45, 7) is 9.19. The minimum atomic E-state index is -0.0808. The first-order valence-electron chi connectivity index (χ1n) is 9.78. The molecule has 6 nitrogen and oxygen atoms in total. The van der Waals surface area contributed by atoms with Crippen molar-refractivity contribution in [3.8, 4) is 0 Å². The molecule has 0 radical (unpaired) electrons. The highest BCUT2D eigenvalue weighted by Crippen LogP contribution is 2.22. The first-order chi connectivity index (χ1) is 12.1. The quantitative estimate of drug-likeness (QED) is 0.612. The van der Waals surface area contributed by atoms with Crippen molar-refractivity contribution in [1.29, 1.82) is 0 Å². The standard InChI is InChI=1S/C19H33N5O/c1-5-7-9-10-11-12-18(25)23(13-8-6-2)16(4)19-21-20-17-14-15(3)22-24(17)19/h14,16,22H,5-13H2,1-4H3. The monoisotopic (exact) mass is 347 g/mol. The van der Waals surface area contributed by atoms with Crippen LogP contribution in [0.25, 0.3) is 5.65 Å². The van der Waals surface area contributed by atoms with Crippen molar-refractivity contribution in [2.75, 3.05) is 6.54 Å². The molecule has 2 heterocycles. The van der Waals surface area contributed by atoms with Crippen LogP contribution in [-0.2, 0) is 4.79 Å². The summed E-state index contributed by atoms with van der Waals surface area (Å²) in [5.74, 6) is 1.04. The number of carbonyl (C=O) groups is 1. The van der Waals surface area contributed by atoms with E-state index in [0.29, 0.717) is 6.42 Å². The predicted octanol–water partition coefficient (Wildman–Crippen LogP) is 4.42. The van der Waals surface area contributed by atoms with Crippen LogP contribution in [0.5, 0.6) is 0 Å². The average molecular weight is 348 g/mol. The van der Waals surface area contributed by atoms with E-state index < -0.39 is 0 Å². The molecule has 0 spiro atoms. The number of H-pyrrole nitrogens is 1. The minimum absolute atomic E-state index is 0.0808. The molecule has 0 aliphatic rings. The zero-order chi connectivity index (χ0) is 18.2. The van der Waals surface area contributed by atoms with Crippen LogP contribution in [-0.4, -0.2) is 37.2 Å². The molecule has 0 aliphatic heterocycles. The number of aryl methyl sites for hydroxylation is 1. The first-order valence-corrected chi connectivity index (χ1v) is 9.78. The SMILES string of the molecule is CCCCCCCC(=O)N(CCCC)C(C)c1nnc2cc(C)[nH]n12. The van der Waals surface area contributed by atoms with Crippen molar-refractivity contribution in [3.63, 3.8) is 0 Å². The number of carbonyl (C=O) groups excluding carboxylic acids is 1. The summed E-state index contributed by atoms with van der Waals surface area (Å²) in [5, 5.41) is 11.8. The van der Waals surface area contributed by atoms with Crippen molar-refractivity contribution >= 4 is 11.6 Å². The molecule has 1 atom stereocenters. The number of amides is 1. The molecule has 2 aromatic rings. The van der Waals surface area contributed by atoms with Gasteiger partial charge in [0.1, 0.15) is 0 Å². The molecule has 1 N–H and O–H groups in total. The second-order valence-electron chi connectivity index (χ2n) is 6.97. The molecule has 25 heavy (non-hydrogen) atoms. The molecule has 1 unspecified atom stereocenters. The van der Waals surface area contributed by atoms with Gasteiger partial charge in [0.05, 0.1) is 6.04 Å². The molecule has 140 valence electrons. The van der Waals surface area contributed by atoms with Gasteiger partial charge in [-0.2, -0.15) is 0 Å². The van der Waals surface area contributed by atoms with Crippen LogP contribution in [0.1, 0.15) is 89.7 Å². The summed E-state index contributed by atoms with van der Waals surface area (Å²) in [5.41, 5.74) is 1.85. The topological polar surface area (TPSA) is 66.3 Å². The molecule has 0 bridgehead atoms. The van der Waals surface area contributed by atoms with Crippen molar-refractivity contribution < 1.29 is 4.79 Å². The van der Waals surface area contributed by atoms with E-state index in [1.807, 2.05) is 22.4 Å². The summed E-state index contributed by atoms with van der Waals surface area (Å²) >= 11 is 0. The number of nitrogens with one attached hydrogen (secondary N) is 1. The van der Waals surface area contributed by atoms with Crippen LogP contribution < -0.4 is 0 Å². The molecule has 0 aliphatic carbocycles. The van der Waals surface area contributed by atoms with Gasteiger partial charge < -0.3 is 4.90 Å². The number of fused-ring (bicyclic) bond motifs is 1. The van der Waals surface area contributed by atoms with Crippen LogP contribution >= 0.6 is 0 Å². The highest BCUT2D eigenvalue weighted by molar-refractivity contribution is 5.76. The Morgan fingerprint density at radius 1 is 1.16 bits per heavy atom. The Kier molecular flexibility index (Phi) is 7.47. The van der Waals surface area contributed by atoms with Crippen LogP contribution in [0, 0.1) is 6.92 Å². The van der Waals surface area contributed by atoms with Gasteiger partial charge in [-0.3, -0.25) is 9.89 Å². The lowest BCUT2D eigenvalue weighted by molar-refractivity contribution is -0.133. The third-order valence-electron chi connectivity index (χ3n) is 4.76. The van der Waals surface area contributed by atoms with Crippen LogP contribution in [0.4, 0.5) is 0 Å². The summed E-state index contributed by atoms with van der Waals surface area (Å²) in [7, 11) is 0. The third kappa shape index (κ3) is 5.06. The van der Waals surface area contributed by atoms with Gasteiger partial charge in [-0.15, -0.1) is 10.2 Å². The second kappa shape index (κ2) is 9.59. The smallest absolute Gasteiger partial charge is 0.223 e. The minimum Gasteiger partial charge on any atom is -0.333 e. The Morgan fingerprint density at radius 3 is 2.60 bits per heavy atom. The van der Waals surface area contributed by atoms with Gasteiger partial charge in [0.15, 0.2) is 11.5 Å². The van der Waals surface area contributed by atoms with Gasteiger partial charge >= 0.3 is 0 Å². The van der Waals surface area contributed by atoms with Crippen molar-refractivity contribution in [1.82, 2.24) is 24.7 Å². The molecule has 0 aromatic carbocycles. The summed E-state index contributed by atoms with van der Waals surface area (Å²) in [6, 6.07) is 1.89. The van der Waals surface area contributed by atoms with Gasteiger partial charge in [0, 0.05) is 24.7 Å². The van der Waals surface area contributed by atoms with Crippen LogP contribution in [0.2, 0.25) is 0 Å². The molecule has 0 saturated heterocycles. The average Bonchev–Trinajstić information content (AvgIpc) is 3.13. The zero-order valence-corrected chi connectivity index (χ0v) is 16.2. The highest BCUT2D eigenvalue weighted by atomic mass is 16.2. The lowest BCUT2D eigenvalue weighted by atomic mass is 10.1. The van der Waals surface area contributed by atoms with E-state index in [1.165, 1.54) is 19.3 Å². The van der Waals surface area contributed by atoms with Gasteiger partial charge in [-0.25, -0.2) is 4.52 Å². The number of rotatable bonds is 11. The van der Waals surface area contributed by atoms with Gasteiger partial charge in [0.2, 0.25) is 5.91 Å². The zero-order valence-electron chi connectivity index (χ0n) is 16.2. The van der Waals surface area contributed by atoms with Gasteiger partial charge in [-0.05, 0) is 26.7 Å². The fourth-order valence-electron chi connectivity index (χ4n) is 3.22. The lowest BCUT2D eigenvalue weighted by Gasteiger charge is -2.28. The van der Waals surface area contributed by atoms with Crippen molar-refractivity contribution in [2.24, 2.45) is 0 Å². The third-order valence-corrected chi connectivity index (χ3v) is 4.76. The van der Waals surface area contributed by atoms with E-state index in [1.54, 1.807) is 0 Å². The molecule has 0 fully saturated rings. The number of nitrogens with zero attached hydrogens (tertiary/aromatic N) is 4. The molecular weight excluding hydrogens is 314 g/mol. The first kappa shape index (κ1) is 19.5. The lowest BCUT2D eigenvalue weighted by Crippen LogP contribution is -2.35. The Morgan fingerprint density at radius 2 is 1.88 bits per heavy atom. The molecule has 2 rings (SSSR count). The molecule has 0 saturated carbocycles. The largest absolute Gasteiger partial charge is 0.333 e. The molecule has 2 aromatic heterocycles. The number of aromatic amines is 1. The second-order valence-corrected chi connectivity index (χ2v) is 6.97. The maximum Gasteiger partial charge on any atom is 0.223 e. The summed E-state index contributed by atoms with van der Waals surface area (Å²) in [6.07, 6.45) is 8.54. The maximum absolute atomic E-state index is 12.8. The van der Waals surface area contributed by atoms with Crippen LogP contribution in [0.15, 0.2) is 6.07 Å². The summed E-state index contributed by atoms with van der Waals surface area (Å²) in [4.78, 5) is 14.8. The Labute approximate surface area is 151 Å². The molecule has 1 amide bonds. The number of aromatic nitrogens is 4. The van der Waals surface area contributed by atoms with Crippen molar-refractivity contribution in [2.45, 2.75) is 85.1 Å². The van der Waals surface area contributed by atoms with E-state index in [2.05, 4.69) is 36.1 Å². The normalized spacial score (nSPS) is 12.6. The fraction of sp³-hybridized carbons (Fsp3) is 0.737. The van der Waals surface area contributed by atoms with E-state index >= 15 is 0 Å². The van der Waals surface area contributed by atoms with E-state index in [9.17, 15) is 4.79 Å².